The van der Waals surface area contributed by atoms with Crippen molar-refractivity contribution < 1.29 is 4.42 Å². The maximum atomic E-state index is 7.06. The molecule has 1 nitrogen and oxygen atoms in total. The number of benzene rings is 11. The zero-order valence-electron chi connectivity index (χ0n) is 38.2. The van der Waals surface area contributed by atoms with Crippen LogP contribution < -0.4 is 43.4 Å². The molecule has 0 saturated carbocycles. The summed E-state index contributed by atoms with van der Waals surface area (Å²) in [6.07, 6.45) is 0. The molecule has 290 valence electrons. The van der Waals surface area contributed by atoms with Crippen molar-refractivity contribution in [3.05, 3.63) is 144 Å². The minimum atomic E-state index is 0.938. The summed E-state index contributed by atoms with van der Waals surface area (Å²) in [7, 11) is 23.1. The van der Waals surface area contributed by atoms with Gasteiger partial charge in [-0.3, -0.25) is 0 Å². The van der Waals surface area contributed by atoms with Gasteiger partial charge in [0.1, 0.15) is 0 Å². The van der Waals surface area contributed by atoms with Crippen molar-refractivity contribution in [2.45, 2.75) is 6.92 Å². The molecule has 0 aliphatic heterocycles. The van der Waals surface area contributed by atoms with Crippen LogP contribution in [0.3, 0.4) is 0 Å². The summed E-state index contributed by atoms with van der Waals surface area (Å²) < 4.78 is 7.06. The quantitative estimate of drug-likeness (QED) is 0.179. The van der Waals surface area contributed by atoms with Gasteiger partial charge < -0.3 is 0 Å². The molecule has 0 aliphatic carbocycles. The van der Waals surface area contributed by atoms with Crippen molar-refractivity contribution >= 4 is 206 Å². The molecule has 11 aromatic carbocycles. The monoisotopic (exact) mass is 804 g/mol. The van der Waals surface area contributed by atoms with E-state index in [1.807, 2.05) is 0 Å². The van der Waals surface area contributed by atoms with E-state index in [4.69, 9.17) is 11.9 Å². The molecule has 0 N–H and O–H groups in total. The van der Waals surface area contributed by atoms with Crippen LogP contribution in [-0.4, -0.2) is 75.7 Å². The average molecular weight is 803 g/mol. The van der Waals surface area contributed by atoms with E-state index >= 15 is 0 Å². The number of hydrogen-bond acceptors (Lipinski definition) is 1. The molecule has 0 spiro atoms. The second kappa shape index (κ2) is 14.0. The molecule has 0 bridgehead atoms. The van der Waals surface area contributed by atoms with Crippen LogP contribution in [0.5, 0.6) is 0 Å². The summed E-state index contributed by atoms with van der Waals surface area (Å²) in [5, 5.41) is 20.4. The van der Waals surface area contributed by atoms with Crippen LogP contribution in [0.4, 0.5) is 0 Å². The molecule has 1 aromatic heterocycles. The summed E-state index contributed by atoms with van der Waals surface area (Å²) in [6.45, 7) is 2.17. The van der Waals surface area contributed by atoms with Crippen LogP contribution in [0.1, 0.15) is 12.5 Å². The van der Waals surface area contributed by atoms with E-state index in [1.54, 1.807) is 0 Å². The Kier molecular flexibility index (Phi) is 8.55. The van der Waals surface area contributed by atoms with E-state index in [1.165, 1.54) is 136 Å². The molecule has 0 fully saturated rings. The fourth-order valence-corrected chi connectivity index (χ4v) is 11.8. The van der Waals surface area contributed by atoms with Gasteiger partial charge >= 0.3 is 383 Å². The number of rotatable bonds is 4. The zero-order chi connectivity index (χ0) is 44.0. The van der Waals surface area contributed by atoms with Crippen molar-refractivity contribution in [3.8, 4) is 22.3 Å². The molecule has 0 saturated heterocycles. The third kappa shape index (κ3) is 5.29. The Labute approximate surface area is 381 Å². The molecular formula is C54H41B9O. The first-order chi connectivity index (χ1) is 30.9. The Morgan fingerprint density at radius 2 is 0.906 bits per heavy atom. The van der Waals surface area contributed by atoms with Crippen LogP contribution in [0, 0.1) is 0 Å². The summed E-state index contributed by atoms with van der Waals surface area (Å²) in [5.41, 5.74) is 19.0. The molecule has 12 aromatic rings. The first-order valence-electron chi connectivity index (χ1n) is 22.7. The molecular weight excluding hydrogens is 762 g/mol. The minimum absolute atomic E-state index is 0.938. The molecule has 1 heterocycles. The Morgan fingerprint density at radius 1 is 0.438 bits per heavy atom. The third-order valence-electron chi connectivity index (χ3n) is 15.3. The third-order valence-corrected chi connectivity index (χ3v) is 15.3. The summed E-state index contributed by atoms with van der Waals surface area (Å²) in [4.78, 5) is 0. The Morgan fingerprint density at radius 3 is 1.45 bits per heavy atom. The van der Waals surface area contributed by atoms with Gasteiger partial charge in [0.25, 0.3) is 0 Å². The first kappa shape index (κ1) is 39.1. The van der Waals surface area contributed by atoms with E-state index in [0.29, 0.717) is 0 Å². The van der Waals surface area contributed by atoms with Gasteiger partial charge in [-0.2, -0.15) is 0 Å². The standard InChI is InChI=1S/C54H41B9O/c1-23(55)53-44(43-46(57)41-42(50(61)54(43)64-53)48(59)52(63)51(62)47(41)58)49(60)45(56)35-21-16-30(31-17-12-28-10-8-24-4-2-6-26-14-19-33(31)39(28)37(24)26)22-36(35)32-18-13-29-11-9-25-5-3-7-27-15-20-34(32)40(29)38(25)27/h2-22,56H,55,57-63H2,1H3/b49-44+,53-23-. The second-order valence-corrected chi connectivity index (χ2v) is 18.8. The summed E-state index contributed by atoms with van der Waals surface area (Å²) in [5.74, 6) is 0. The van der Waals surface area contributed by atoms with Gasteiger partial charge in [-0.15, -0.1) is 0 Å². The molecule has 0 atom stereocenters. The van der Waals surface area contributed by atoms with Crippen molar-refractivity contribution in [2.24, 2.45) is 0 Å². The van der Waals surface area contributed by atoms with E-state index in [-0.39, 0.29) is 0 Å². The number of hydrogen-bond donors (Lipinski definition) is 0. The summed E-state index contributed by atoms with van der Waals surface area (Å²) >= 11 is 0. The number of fused-ring (bicyclic) bond motifs is 2. The van der Waals surface area contributed by atoms with Gasteiger partial charge in [-0.1, -0.05) is 0 Å². The maximum absolute atomic E-state index is 7.06. The average Bonchev–Trinajstić information content (AvgIpc) is 3.74. The van der Waals surface area contributed by atoms with Crippen LogP contribution in [0.25, 0.3) is 120 Å². The zero-order valence-corrected chi connectivity index (χ0v) is 38.2. The van der Waals surface area contributed by atoms with Crippen LogP contribution >= 0.6 is 0 Å². The molecule has 0 amide bonds. The van der Waals surface area contributed by atoms with Gasteiger partial charge in [0.05, 0.1) is 0 Å². The van der Waals surface area contributed by atoms with Crippen molar-refractivity contribution in [3.63, 3.8) is 0 Å². The second-order valence-electron chi connectivity index (χ2n) is 18.8. The van der Waals surface area contributed by atoms with E-state index in [9.17, 15) is 0 Å². The molecule has 0 unspecified atom stereocenters. The predicted molar refractivity (Wildman–Crippen MR) is 308 cm³/mol. The van der Waals surface area contributed by atoms with E-state index in [0.717, 1.165) is 38.2 Å². The van der Waals surface area contributed by atoms with Crippen LogP contribution in [0.15, 0.2) is 132 Å². The fraction of sp³-hybridized carbons (Fsp3) is 0.0185. The molecule has 10 heteroatoms. The first-order valence-corrected chi connectivity index (χ1v) is 22.7. The molecule has 0 aliphatic rings. The predicted octanol–water partition coefficient (Wildman–Crippen LogP) is -0.111. The van der Waals surface area contributed by atoms with Gasteiger partial charge in [0.15, 0.2) is 0 Å². The van der Waals surface area contributed by atoms with E-state index in [2.05, 4.69) is 197 Å². The van der Waals surface area contributed by atoms with Crippen LogP contribution in [0.2, 0.25) is 0 Å². The van der Waals surface area contributed by atoms with Gasteiger partial charge in [-0.25, -0.2) is 0 Å². The molecule has 64 heavy (non-hydrogen) atoms. The van der Waals surface area contributed by atoms with Gasteiger partial charge in [0, 0.05) is 0 Å². The van der Waals surface area contributed by atoms with E-state index < -0.39 is 0 Å². The van der Waals surface area contributed by atoms with Gasteiger partial charge in [0.2, 0.25) is 0 Å². The normalized spacial score (nSPS) is 13.2. The molecule has 0 radical (unpaired) electrons. The summed E-state index contributed by atoms with van der Waals surface area (Å²) in [6, 6.07) is 48.0. The SMILES string of the molecule is B=C(/C(B)=c1\c(=C(\B)C)oc2c(B)c3c(B)c(B)c(B)c(B)c3c(B)c12)c1ccc(-c2ccc3ccc4cccc5ccc2c3c45)cc1-c1ccc2ccc3cccc4ccc1c2c34. The Balaban J connectivity index is 1.17. The Hall–Kier alpha value is -6.51. The van der Waals surface area contributed by atoms with Gasteiger partial charge in [-0.05, 0) is 0 Å². The fourth-order valence-electron chi connectivity index (χ4n) is 11.8. The Bertz CT molecular complexity index is 4170. The molecule has 12 rings (SSSR count). The van der Waals surface area contributed by atoms with Crippen molar-refractivity contribution in [2.75, 3.05) is 0 Å². The van der Waals surface area contributed by atoms with Crippen molar-refractivity contribution in [1.82, 2.24) is 0 Å². The van der Waals surface area contributed by atoms with Crippen LogP contribution in [-0.2, 0) is 0 Å². The van der Waals surface area contributed by atoms with Crippen molar-refractivity contribution in [1.29, 1.82) is 0 Å². The number of furan rings is 1. The topological polar surface area (TPSA) is 13.1 Å².